The van der Waals surface area contributed by atoms with E-state index >= 15 is 0 Å². The summed E-state index contributed by atoms with van der Waals surface area (Å²) in [7, 11) is 0. The summed E-state index contributed by atoms with van der Waals surface area (Å²) in [5.41, 5.74) is 7.30. The number of benzene rings is 8. The molecule has 0 heterocycles. The smallest absolute Gasteiger partial charge is 0.0212 e. The van der Waals surface area contributed by atoms with Gasteiger partial charge in [0.1, 0.15) is 0 Å². The summed E-state index contributed by atoms with van der Waals surface area (Å²) in [6.45, 7) is 0. The lowest BCUT2D eigenvalue weighted by Gasteiger charge is -2.40. The van der Waals surface area contributed by atoms with E-state index in [1.54, 1.807) is 0 Å². The molecule has 0 spiro atoms. The summed E-state index contributed by atoms with van der Waals surface area (Å²) in [6, 6.07) is 36.9. The largest absolute Gasteiger partial charge is 0.0754 e. The van der Waals surface area contributed by atoms with E-state index in [-0.39, 0.29) is 0 Å². The summed E-state index contributed by atoms with van der Waals surface area (Å²) in [5.74, 6) is 0.678. The zero-order chi connectivity index (χ0) is 25.7. The van der Waals surface area contributed by atoms with Gasteiger partial charge in [-0.1, -0.05) is 121 Å². The third kappa shape index (κ3) is 2.10. The maximum atomic E-state index is 2.51. The monoisotopic (exact) mass is 502 g/mol. The van der Waals surface area contributed by atoms with Crippen LogP contribution < -0.4 is 5.22 Å². The van der Waals surface area contributed by atoms with E-state index in [2.05, 4.69) is 121 Å². The summed E-state index contributed by atoms with van der Waals surface area (Å²) in [4.78, 5) is 0. The van der Waals surface area contributed by atoms with Crippen LogP contribution in [-0.2, 0) is 0 Å². The minimum atomic E-state index is 0.336. The van der Waals surface area contributed by atoms with Crippen molar-refractivity contribution in [3.63, 3.8) is 0 Å². The second kappa shape index (κ2) is 6.61. The maximum Gasteiger partial charge on any atom is 0.0212 e. The minimum Gasteiger partial charge on any atom is -0.0754 e. The average Bonchev–Trinajstić information content (AvgIpc) is 3.01. The highest BCUT2D eigenvalue weighted by Gasteiger charge is 2.39. The van der Waals surface area contributed by atoms with Crippen molar-refractivity contribution in [2.75, 3.05) is 0 Å². The molecule has 0 fully saturated rings. The van der Waals surface area contributed by atoms with E-state index in [4.69, 9.17) is 0 Å². The molecule has 0 amide bonds. The first-order valence-corrected chi connectivity index (χ1v) is 14.4. The zero-order valence-corrected chi connectivity index (χ0v) is 21.7. The second-order valence-electron chi connectivity index (χ2n) is 11.9. The van der Waals surface area contributed by atoms with Crippen molar-refractivity contribution in [2.45, 2.75) is 11.8 Å². The maximum absolute atomic E-state index is 2.51. The number of rotatable bonds is 0. The van der Waals surface area contributed by atoms with Gasteiger partial charge in [-0.2, -0.15) is 0 Å². The molecule has 0 nitrogen and oxygen atoms in total. The molecular formula is C40H22. The molecule has 2 atom stereocenters. The van der Waals surface area contributed by atoms with Crippen LogP contribution in [0.4, 0.5) is 0 Å². The Hall–Kier alpha value is -4.94. The third-order valence-corrected chi connectivity index (χ3v) is 10.3. The molecule has 182 valence electrons. The molecule has 0 unspecified atom stereocenters. The molecule has 3 aliphatic rings. The summed E-state index contributed by atoms with van der Waals surface area (Å²) in [5, 5.41) is 18.0. The Labute approximate surface area is 230 Å². The highest BCUT2D eigenvalue weighted by molar-refractivity contribution is 6.34. The first-order chi connectivity index (χ1) is 19.9. The quantitative estimate of drug-likeness (QED) is 0.143. The van der Waals surface area contributed by atoms with E-state index in [1.165, 1.54) is 97.7 Å². The zero-order valence-electron chi connectivity index (χ0n) is 21.7. The minimum absolute atomic E-state index is 0.336. The van der Waals surface area contributed by atoms with Gasteiger partial charge >= 0.3 is 0 Å². The lowest BCUT2D eigenvalue weighted by atomic mass is 9.62. The first kappa shape index (κ1) is 20.0. The molecule has 0 radical (unpaired) electrons. The van der Waals surface area contributed by atoms with Crippen LogP contribution in [0.15, 0.2) is 109 Å². The molecule has 0 saturated heterocycles. The lowest BCUT2D eigenvalue weighted by molar-refractivity contribution is 0.738. The van der Waals surface area contributed by atoms with Crippen molar-refractivity contribution < 1.29 is 0 Å². The van der Waals surface area contributed by atoms with Crippen LogP contribution in [0, 0.1) is 0 Å². The van der Waals surface area contributed by atoms with Crippen LogP contribution in [0.1, 0.15) is 34.1 Å². The van der Waals surface area contributed by atoms with Gasteiger partial charge in [-0.05, 0) is 97.7 Å². The fourth-order valence-electron chi connectivity index (χ4n) is 8.86. The Morgan fingerprint density at radius 1 is 0.475 bits per heavy atom. The van der Waals surface area contributed by atoms with E-state index < -0.39 is 0 Å². The molecule has 40 heavy (non-hydrogen) atoms. The second-order valence-corrected chi connectivity index (χ2v) is 11.9. The highest BCUT2D eigenvalue weighted by atomic mass is 14.4. The van der Waals surface area contributed by atoms with E-state index in [0.717, 1.165) is 0 Å². The van der Waals surface area contributed by atoms with Gasteiger partial charge in [0.2, 0.25) is 0 Å². The van der Waals surface area contributed by atoms with Crippen molar-refractivity contribution in [3.8, 4) is 0 Å². The van der Waals surface area contributed by atoms with Crippen molar-refractivity contribution in [1.29, 1.82) is 0 Å². The van der Waals surface area contributed by atoms with Crippen molar-refractivity contribution >= 4 is 82.4 Å². The van der Waals surface area contributed by atoms with Crippen LogP contribution in [-0.4, -0.2) is 0 Å². The summed E-state index contributed by atoms with van der Waals surface area (Å²) < 4.78 is 0. The molecule has 3 aliphatic carbocycles. The van der Waals surface area contributed by atoms with Gasteiger partial charge in [-0.15, -0.1) is 0 Å². The van der Waals surface area contributed by atoms with Crippen LogP contribution in [0.3, 0.4) is 0 Å². The molecule has 8 aromatic carbocycles. The van der Waals surface area contributed by atoms with Crippen LogP contribution in [0.25, 0.3) is 82.4 Å². The Kier molecular flexibility index (Phi) is 3.31. The van der Waals surface area contributed by atoms with Gasteiger partial charge in [0, 0.05) is 11.8 Å². The Balaban J connectivity index is 1.33. The molecule has 0 bridgehead atoms. The molecule has 0 saturated carbocycles. The average molecular weight is 503 g/mol. The molecule has 0 aliphatic heterocycles. The van der Waals surface area contributed by atoms with E-state index in [0.29, 0.717) is 11.8 Å². The van der Waals surface area contributed by atoms with Crippen molar-refractivity contribution in [3.05, 3.63) is 137 Å². The van der Waals surface area contributed by atoms with Crippen LogP contribution in [0.2, 0.25) is 0 Å². The van der Waals surface area contributed by atoms with Crippen LogP contribution in [0.5, 0.6) is 0 Å². The van der Waals surface area contributed by atoms with Gasteiger partial charge in [0.15, 0.2) is 0 Å². The Morgan fingerprint density at radius 2 is 1.10 bits per heavy atom. The fraction of sp³-hybridized carbons (Fsp3) is 0.0500. The lowest BCUT2D eigenvalue weighted by Crippen LogP contribution is -2.29. The molecule has 11 rings (SSSR count). The molecular weight excluding hydrogens is 480 g/mol. The fourth-order valence-corrected chi connectivity index (χ4v) is 8.86. The predicted octanol–water partition coefficient (Wildman–Crippen LogP) is 9.85. The number of allylic oxidation sites excluding steroid dienone is 3. The van der Waals surface area contributed by atoms with E-state index in [1.807, 2.05) is 0 Å². The molecule has 0 N–H and O–H groups in total. The predicted molar refractivity (Wildman–Crippen MR) is 171 cm³/mol. The third-order valence-electron chi connectivity index (χ3n) is 10.3. The number of fused-ring (bicyclic) bond motifs is 6. The Bertz CT molecular complexity index is 2540. The highest BCUT2D eigenvalue weighted by Crippen LogP contribution is 2.57. The SMILES string of the molecule is C1=C[C@H]2c3ccc4c5cccc6cccc(c7ccc(c3c74)C3=CC=c4c(c1c1cccc7cccc4c71)[C@H]32)c65. The topological polar surface area (TPSA) is 0 Å². The summed E-state index contributed by atoms with van der Waals surface area (Å²) >= 11 is 0. The number of hydrogen-bond donors (Lipinski definition) is 0. The van der Waals surface area contributed by atoms with Crippen molar-refractivity contribution in [1.82, 2.24) is 0 Å². The van der Waals surface area contributed by atoms with Gasteiger partial charge in [-0.25, -0.2) is 0 Å². The molecule has 0 heteroatoms. The normalized spacial score (nSPS) is 18.8. The first-order valence-electron chi connectivity index (χ1n) is 14.4. The van der Waals surface area contributed by atoms with Crippen LogP contribution >= 0.6 is 0 Å². The van der Waals surface area contributed by atoms with Gasteiger partial charge < -0.3 is 0 Å². The standard InChI is InChI=1S/C40H22/c1-5-21-6-2-10-24-28-14-18-32-34-20-16-30-26-12-4-8-22-7-3-11-25(36(22)26)29-15-19-33(40(34)38(29)30)31-17-13-27(37(28)39(31)32)23(9-1)35(21)24/h1-20,31,39H/t31-,39-/m0/s1. The van der Waals surface area contributed by atoms with E-state index in [9.17, 15) is 0 Å². The van der Waals surface area contributed by atoms with Gasteiger partial charge in [-0.3, -0.25) is 0 Å². The van der Waals surface area contributed by atoms with Gasteiger partial charge in [0.25, 0.3) is 0 Å². The molecule has 0 aromatic heterocycles. The molecule has 8 aromatic rings. The summed E-state index contributed by atoms with van der Waals surface area (Å²) in [6.07, 6.45) is 9.81. The van der Waals surface area contributed by atoms with Crippen molar-refractivity contribution in [2.24, 2.45) is 0 Å². The Morgan fingerprint density at radius 3 is 1.85 bits per heavy atom. The van der Waals surface area contributed by atoms with Gasteiger partial charge in [0.05, 0.1) is 0 Å². The number of hydrogen-bond acceptors (Lipinski definition) is 0.